The molecule has 1 atom stereocenters. The largest absolute Gasteiger partial charge is 0.496 e. The Kier molecular flexibility index (Phi) is 5.88. The number of pyridine rings is 1. The van der Waals surface area contributed by atoms with Gasteiger partial charge in [-0.3, -0.25) is 4.79 Å². The van der Waals surface area contributed by atoms with Crippen LogP contribution in [0.4, 0.5) is 11.6 Å². The van der Waals surface area contributed by atoms with Crippen molar-refractivity contribution in [3.05, 3.63) is 60.3 Å². The van der Waals surface area contributed by atoms with Gasteiger partial charge in [-0.15, -0.1) is 10.2 Å². The SMILES string of the molecule is COc1ccccc1-c1ccc(N2CCCC(C(=O)Nc3cccc(C)n3)C2)nn1. The van der Waals surface area contributed by atoms with E-state index in [1.165, 1.54) is 0 Å². The number of nitrogens with one attached hydrogen (secondary N) is 1. The molecule has 1 amide bonds. The average molecular weight is 403 g/mol. The van der Waals surface area contributed by atoms with Crippen molar-refractivity contribution in [3.63, 3.8) is 0 Å². The molecule has 1 saturated heterocycles. The fourth-order valence-corrected chi connectivity index (χ4v) is 3.73. The first kappa shape index (κ1) is 19.8. The van der Waals surface area contributed by atoms with Crippen molar-refractivity contribution in [3.8, 4) is 17.0 Å². The first-order valence-electron chi connectivity index (χ1n) is 10.1. The van der Waals surface area contributed by atoms with E-state index in [-0.39, 0.29) is 11.8 Å². The highest BCUT2D eigenvalue weighted by Gasteiger charge is 2.27. The third-order valence-electron chi connectivity index (χ3n) is 5.29. The van der Waals surface area contributed by atoms with Gasteiger partial charge >= 0.3 is 0 Å². The van der Waals surface area contributed by atoms with Gasteiger partial charge in [0.05, 0.1) is 18.7 Å². The number of piperidine rings is 1. The molecule has 0 aliphatic carbocycles. The number of ether oxygens (including phenoxy) is 1. The Labute approximate surface area is 176 Å². The smallest absolute Gasteiger partial charge is 0.230 e. The van der Waals surface area contributed by atoms with E-state index in [0.717, 1.165) is 47.9 Å². The number of carbonyl (C=O) groups excluding carboxylic acids is 1. The van der Waals surface area contributed by atoms with Crippen LogP contribution in [-0.4, -0.2) is 41.3 Å². The molecule has 154 valence electrons. The Morgan fingerprint density at radius 1 is 1.10 bits per heavy atom. The Morgan fingerprint density at radius 2 is 1.97 bits per heavy atom. The van der Waals surface area contributed by atoms with Crippen molar-refractivity contribution in [1.82, 2.24) is 15.2 Å². The standard InChI is InChI=1S/C23H25N5O2/c1-16-7-5-11-21(24-16)25-23(29)17-8-6-14-28(15-17)22-13-12-19(26-27-22)18-9-3-4-10-20(18)30-2/h3-5,7,9-13,17H,6,8,14-15H2,1-2H3,(H,24,25,29). The predicted octanol–water partition coefficient (Wildman–Crippen LogP) is 3.71. The minimum atomic E-state index is -0.114. The normalized spacial score (nSPS) is 16.2. The fourth-order valence-electron chi connectivity index (χ4n) is 3.73. The van der Waals surface area contributed by atoms with Crippen LogP contribution in [0.1, 0.15) is 18.5 Å². The van der Waals surface area contributed by atoms with Gasteiger partial charge in [-0.05, 0) is 56.2 Å². The predicted molar refractivity (Wildman–Crippen MR) is 117 cm³/mol. The Hall–Kier alpha value is -3.48. The van der Waals surface area contributed by atoms with Crippen molar-refractivity contribution in [2.75, 3.05) is 30.4 Å². The summed E-state index contributed by atoms with van der Waals surface area (Å²) in [7, 11) is 1.64. The molecule has 0 spiro atoms. The lowest BCUT2D eigenvalue weighted by Crippen LogP contribution is -2.41. The van der Waals surface area contributed by atoms with Crippen LogP contribution in [0.5, 0.6) is 5.75 Å². The summed E-state index contributed by atoms with van der Waals surface area (Å²) >= 11 is 0. The van der Waals surface area contributed by atoms with Gasteiger partial charge < -0.3 is 15.0 Å². The third-order valence-corrected chi connectivity index (χ3v) is 5.29. The number of para-hydroxylation sites is 1. The second-order valence-corrected chi connectivity index (χ2v) is 7.42. The molecule has 0 radical (unpaired) electrons. The number of aromatic nitrogens is 3. The van der Waals surface area contributed by atoms with Crippen LogP contribution in [0.3, 0.4) is 0 Å². The number of hydrogen-bond donors (Lipinski definition) is 1. The molecular weight excluding hydrogens is 378 g/mol. The van der Waals surface area contributed by atoms with Gasteiger partial charge in [-0.2, -0.15) is 0 Å². The van der Waals surface area contributed by atoms with Gasteiger partial charge in [-0.1, -0.05) is 18.2 Å². The lowest BCUT2D eigenvalue weighted by molar-refractivity contribution is -0.120. The number of carbonyl (C=O) groups is 1. The monoisotopic (exact) mass is 403 g/mol. The number of nitrogens with zero attached hydrogens (tertiary/aromatic N) is 4. The summed E-state index contributed by atoms with van der Waals surface area (Å²) < 4.78 is 5.42. The number of aryl methyl sites for hydroxylation is 1. The topological polar surface area (TPSA) is 80.2 Å². The minimum absolute atomic E-state index is 0.00333. The van der Waals surface area contributed by atoms with E-state index in [2.05, 4.69) is 25.4 Å². The Morgan fingerprint density at radius 3 is 2.73 bits per heavy atom. The van der Waals surface area contributed by atoms with E-state index in [9.17, 15) is 4.79 Å². The summed E-state index contributed by atoms with van der Waals surface area (Å²) in [6.07, 6.45) is 1.77. The van der Waals surface area contributed by atoms with Gasteiger partial charge in [-0.25, -0.2) is 4.98 Å². The maximum Gasteiger partial charge on any atom is 0.230 e. The lowest BCUT2D eigenvalue weighted by Gasteiger charge is -2.32. The van der Waals surface area contributed by atoms with Gasteiger partial charge in [0.2, 0.25) is 5.91 Å². The summed E-state index contributed by atoms with van der Waals surface area (Å²) in [5.41, 5.74) is 2.54. The number of methoxy groups -OCH3 is 1. The van der Waals surface area contributed by atoms with E-state index in [0.29, 0.717) is 12.4 Å². The zero-order chi connectivity index (χ0) is 20.9. The van der Waals surface area contributed by atoms with Crippen molar-refractivity contribution in [1.29, 1.82) is 0 Å². The van der Waals surface area contributed by atoms with E-state index in [1.54, 1.807) is 7.11 Å². The highest BCUT2D eigenvalue weighted by Crippen LogP contribution is 2.29. The van der Waals surface area contributed by atoms with E-state index in [1.807, 2.05) is 61.5 Å². The van der Waals surface area contributed by atoms with Crippen molar-refractivity contribution >= 4 is 17.5 Å². The zero-order valence-corrected chi connectivity index (χ0v) is 17.2. The molecule has 0 saturated carbocycles. The molecule has 2 aromatic heterocycles. The van der Waals surface area contributed by atoms with Crippen LogP contribution in [0.15, 0.2) is 54.6 Å². The maximum atomic E-state index is 12.7. The molecule has 7 nitrogen and oxygen atoms in total. The van der Waals surface area contributed by atoms with E-state index >= 15 is 0 Å². The number of anilines is 2. The molecule has 1 fully saturated rings. The second-order valence-electron chi connectivity index (χ2n) is 7.42. The number of rotatable bonds is 5. The van der Waals surface area contributed by atoms with Crippen LogP contribution in [-0.2, 0) is 4.79 Å². The van der Waals surface area contributed by atoms with Crippen LogP contribution in [0.2, 0.25) is 0 Å². The average Bonchev–Trinajstić information content (AvgIpc) is 2.79. The van der Waals surface area contributed by atoms with Gasteiger partial charge in [0, 0.05) is 24.3 Å². The molecule has 1 aliphatic rings. The number of benzene rings is 1. The Balaban J connectivity index is 1.45. The first-order valence-corrected chi connectivity index (χ1v) is 10.1. The molecule has 30 heavy (non-hydrogen) atoms. The molecule has 1 aliphatic heterocycles. The highest BCUT2D eigenvalue weighted by molar-refractivity contribution is 5.92. The summed E-state index contributed by atoms with van der Waals surface area (Å²) in [6, 6.07) is 17.3. The van der Waals surface area contributed by atoms with Crippen molar-refractivity contribution < 1.29 is 9.53 Å². The molecule has 3 aromatic rings. The van der Waals surface area contributed by atoms with Crippen molar-refractivity contribution in [2.24, 2.45) is 5.92 Å². The summed E-state index contributed by atoms with van der Waals surface area (Å²) in [6.45, 7) is 3.38. The van der Waals surface area contributed by atoms with Crippen molar-refractivity contribution in [2.45, 2.75) is 19.8 Å². The highest BCUT2D eigenvalue weighted by atomic mass is 16.5. The maximum absolute atomic E-state index is 12.7. The molecular formula is C23H25N5O2. The van der Waals surface area contributed by atoms with Crippen LogP contribution < -0.4 is 15.0 Å². The van der Waals surface area contributed by atoms with Crippen LogP contribution in [0, 0.1) is 12.8 Å². The third kappa shape index (κ3) is 4.40. The van der Waals surface area contributed by atoms with Gasteiger partial charge in [0.25, 0.3) is 0 Å². The molecule has 7 heteroatoms. The zero-order valence-electron chi connectivity index (χ0n) is 17.2. The van der Waals surface area contributed by atoms with Crippen LogP contribution in [0.25, 0.3) is 11.3 Å². The molecule has 1 unspecified atom stereocenters. The first-order chi connectivity index (χ1) is 14.6. The fraction of sp³-hybridized carbons (Fsp3) is 0.304. The van der Waals surface area contributed by atoms with Crippen LogP contribution >= 0.6 is 0 Å². The summed E-state index contributed by atoms with van der Waals surface area (Å²) in [5.74, 6) is 2.02. The summed E-state index contributed by atoms with van der Waals surface area (Å²) in [4.78, 5) is 19.2. The number of amides is 1. The lowest BCUT2D eigenvalue weighted by atomic mass is 9.97. The minimum Gasteiger partial charge on any atom is -0.496 e. The van der Waals surface area contributed by atoms with E-state index < -0.39 is 0 Å². The number of hydrogen-bond acceptors (Lipinski definition) is 6. The molecule has 1 N–H and O–H groups in total. The molecule has 1 aromatic carbocycles. The van der Waals surface area contributed by atoms with Gasteiger partial charge in [0.15, 0.2) is 5.82 Å². The summed E-state index contributed by atoms with van der Waals surface area (Å²) in [5, 5.41) is 11.8. The second kappa shape index (κ2) is 8.90. The van der Waals surface area contributed by atoms with E-state index in [4.69, 9.17) is 4.74 Å². The molecule has 4 rings (SSSR count). The molecule has 3 heterocycles. The Bertz CT molecular complexity index is 1020. The molecule has 0 bridgehead atoms. The van der Waals surface area contributed by atoms with Gasteiger partial charge in [0.1, 0.15) is 11.6 Å². The quantitative estimate of drug-likeness (QED) is 0.700.